The predicted octanol–water partition coefficient (Wildman–Crippen LogP) is 2.02. The van der Waals surface area contributed by atoms with Crippen LogP contribution >= 0.6 is 0 Å². The minimum Gasteiger partial charge on any atom is -0.466 e. The predicted molar refractivity (Wildman–Crippen MR) is 103 cm³/mol. The van der Waals surface area contributed by atoms with Gasteiger partial charge in [-0.15, -0.1) is 0 Å². The Morgan fingerprint density at radius 1 is 1.46 bits per heavy atom. The van der Waals surface area contributed by atoms with Crippen molar-refractivity contribution in [3.05, 3.63) is 41.1 Å². The molecule has 2 aromatic rings. The molecule has 2 heterocycles. The fourth-order valence-electron chi connectivity index (χ4n) is 2.92. The van der Waals surface area contributed by atoms with E-state index in [1.165, 1.54) is 11.3 Å². The van der Waals surface area contributed by atoms with Crippen molar-refractivity contribution in [3.8, 4) is 0 Å². The molecule has 0 aliphatic carbocycles. The number of rotatable bonds is 7. The number of nitrogens with one attached hydrogen (secondary N) is 2. The van der Waals surface area contributed by atoms with Gasteiger partial charge in [0.05, 0.1) is 18.5 Å². The maximum absolute atomic E-state index is 10.6. The first-order chi connectivity index (χ1) is 12.2. The van der Waals surface area contributed by atoms with Crippen LogP contribution in [-0.2, 0) is 19.1 Å². The van der Waals surface area contributed by atoms with E-state index < -0.39 is 5.60 Å². The van der Waals surface area contributed by atoms with E-state index in [1.54, 1.807) is 25.3 Å². The Balaban J connectivity index is 2.04. The Morgan fingerprint density at radius 2 is 2.19 bits per heavy atom. The van der Waals surface area contributed by atoms with Crippen molar-refractivity contribution in [2.24, 2.45) is 12.0 Å². The lowest BCUT2D eigenvalue weighted by atomic mass is 10.0. The van der Waals surface area contributed by atoms with E-state index in [0.717, 1.165) is 18.7 Å². The fraction of sp³-hybridized carbons (Fsp3) is 0.579. The van der Waals surface area contributed by atoms with E-state index in [4.69, 9.17) is 4.42 Å². The normalized spacial score (nSPS) is 15.6. The van der Waals surface area contributed by atoms with Crippen LogP contribution in [-0.4, -0.2) is 40.0 Å². The monoisotopic (exact) mass is 361 g/mol. The molecular weight excluding hydrogens is 330 g/mol. The Bertz CT molecular complexity index is 731. The molecule has 0 saturated carbocycles. The zero-order chi connectivity index (χ0) is 19.3. The number of aliphatic hydroxyl groups is 1. The molecule has 0 aliphatic rings. The fourth-order valence-corrected chi connectivity index (χ4v) is 2.92. The second kappa shape index (κ2) is 8.40. The van der Waals surface area contributed by atoms with E-state index in [9.17, 15) is 5.11 Å². The molecule has 0 fully saturated rings. The molecule has 0 bridgehead atoms. The van der Waals surface area contributed by atoms with Gasteiger partial charge < -0.3 is 20.2 Å². The first-order valence-corrected chi connectivity index (χ1v) is 9.05. The molecule has 0 aliphatic heterocycles. The van der Waals surface area contributed by atoms with Crippen LogP contribution in [0.4, 0.5) is 0 Å². The lowest BCUT2D eigenvalue weighted by molar-refractivity contribution is 0.0437. The van der Waals surface area contributed by atoms with Crippen LogP contribution in [0.5, 0.6) is 0 Å². The van der Waals surface area contributed by atoms with Gasteiger partial charge in [-0.25, -0.2) is 4.99 Å². The van der Waals surface area contributed by atoms with E-state index in [-0.39, 0.29) is 12.6 Å². The van der Waals surface area contributed by atoms with Gasteiger partial charge in [-0.3, -0.25) is 4.68 Å². The SMILES string of the molecule is CCNC(=NCC(C)(O)c1ccco1)NC(C)Cc1c(C)nn(C)c1C. The van der Waals surface area contributed by atoms with Crippen LogP contribution in [0.1, 0.15) is 43.5 Å². The highest BCUT2D eigenvalue weighted by molar-refractivity contribution is 5.80. The second-order valence-corrected chi connectivity index (χ2v) is 6.97. The number of guanidine groups is 1. The van der Waals surface area contributed by atoms with Crippen molar-refractivity contribution in [3.63, 3.8) is 0 Å². The highest BCUT2D eigenvalue weighted by Gasteiger charge is 2.26. The van der Waals surface area contributed by atoms with E-state index >= 15 is 0 Å². The van der Waals surface area contributed by atoms with Gasteiger partial charge in [0.1, 0.15) is 11.4 Å². The summed E-state index contributed by atoms with van der Waals surface area (Å²) in [6, 6.07) is 3.69. The summed E-state index contributed by atoms with van der Waals surface area (Å²) >= 11 is 0. The highest BCUT2D eigenvalue weighted by atomic mass is 16.4. The lowest BCUT2D eigenvalue weighted by Crippen LogP contribution is -2.44. The van der Waals surface area contributed by atoms with Gasteiger partial charge in [-0.05, 0) is 58.7 Å². The summed E-state index contributed by atoms with van der Waals surface area (Å²) in [6.45, 7) is 10.9. The van der Waals surface area contributed by atoms with E-state index in [1.807, 2.05) is 25.6 Å². The number of nitrogens with zero attached hydrogens (tertiary/aromatic N) is 3. The largest absolute Gasteiger partial charge is 0.466 e. The standard InChI is InChI=1S/C19H31N5O2/c1-7-20-18(21-12-19(5,25)17-9-8-10-26-17)22-13(2)11-16-14(3)23-24(6)15(16)4/h8-10,13,25H,7,11-12H2,1-6H3,(H2,20,21,22). The summed E-state index contributed by atoms with van der Waals surface area (Å²) in [5.74, 6) is 1.18. The molecule has 0 radical (unpaired) electrons. The van der Waals surface area contributed by atoms with Crippen LogP contribution in [0.3, 0.4) is 0 Å². The first-order valence-electron chi connectivity index (χ1n) is 9.05. The molecule has 3 N–H and O–H groups in total. The highest BCUT2D eigenvalue weighted by Crippen LogP contribution is 2.21. The van der Waals surface area contributed by atoms with Gasteiger partial charge in [0.2, 0.25) is 0 Å². The van der Waals surface area contributed by atoms with E-state index in [2.05, 4.69) is 34.6 Å². The van der Waals surface area contributed by atoms with Crippen LogP contribution in [0.15, 0.2) is 27.8 Å². The summed E-state index contributed by atoms with van der Waals surface area (Å²) in [7, 11) is 1.96. The second-order valence-electron chi connectivity index (χ2n) is 6.97. The third kappa shape index (κ3) is 4.88. The van der Waals surface area contributed by atoms with Gasteiger partial charge in [0, 0.05) is 25.3 Å². The molecule has 2 rings (SSSR count). The molecule has 0 aromatic carbocycles. The molecule has 2 unspecified atom stereocenters. The molecule has 7 nitrogen and oxygen atoms in total. The summed E-state index contributed by atoms with van der Waals surface area (Å²) < 4.78 is 7.22. The molecule has 2 aromatic heterocycles. The third-order valence-corrected chi connectivity index (χ3v) is 4.49. The first kappa shape index (κ1) is 20.0. The molecule has 7 heteroatoms. The lowest BCUT2D eigenvalue weighted by Gasteiger charge is -2.21. The van der Waals surface area contributed by atoms with Gasteiger partial charge in [-0.2, -0.15) is 5.10 Å². The zero-order valence-corrected chi connectivity index (χ0v) is 16.6. The van der Waals surface area contributed by atoms with E-state index in [0.29, 0.717) is 11.7 Å². The van der Waals surface area contributed by atoms with Gasteiger partial charge in [0.15, 0.2) is 5.96 Å². The minimum absolute atomic E-state index is 0.169. The minimum atomic E-state index is -1.15. The van der Waals surface area contributed by atoms with Gasteiger partial charge in [0.25, 0.3) is 0 Å². The van der Waals surface area contributed by atoms with Crippen molar-refractivity contribution in [1.29, 1.82) is 0 Å². The van der Waals surface area contributed by atoms with Crippen molar-refractivity contribution in [1.82, 2.24) is 20.4 Å². The Labute approximate surface area is 155 Å². The Hall–Kier alpha value is -2.28. The summed E-state index contributed by atoms with van der Waals surface area (Å²) in [5, 5.41) is 21.7. The van der Waals surface area contributed by atoms with Gasteiger partial charge >= 0.3 is 0 Å². The van der Waals surface area contributed by atoms with Crippen LogP contribution in [0.2, 0.25) is 0 Å². The van der Waals surface area contributed by atoms with Crippen molar-refractivity contribution >= 4 is 5.96 Å². The topological polar surface area (TPSA) is 87.6 Å². The molecule has 144 valence electrons. The maximum atomic E-state index is 10.6. The summed E-state index contributed by atoms with van der Waals surface area (Å²) in [6.07, 6.45) is 2.40. The maximum Gasteiger partial charge on any atom is 0.191 e. The smallest absolute Gasteiger partial charge is 0.191 e. The quantitative estimate of drug-likeness (QED) is 0.519. The van der Waals surface area contributed by atoms with Crippen LogP contribution < -0.4 is 10.6 Å². The Morgan fingerprint density at radius 3 is 2.73 bits per heavy atom. The van der Waals surface area contributed by atoms with Crippen LogP contribution in [0, 0.1) is 13.8 Å². The molecule has 0 spiro atoms. The number of hydrogen-bond acceptors (Lipinski definition) is 4. The van der Waals surface area contributed by atoms with Crippen molar-refractivity contribution in [2.75, 3.05) is 13.1 Å². The molecule has 2 atom stereocenters. The number of aromatic nitrogens is 2. The average molecular weight is 361 g/mol. The molecule has 0 amide bonds. The zero-order valence-electron chi connectivity index (χ0n) is 16.6. The summed E-state index contributed by atoms with van der Waals surface area (Å²) in [4.78, 5) is 4.54. The molecular formula is C19H31N5O2. The van der Waals surface area contributed by atoms with Crippen molar-refractivity contribution < 1.29 is 9.52 Å². The molecule has 0 saturated heterocycles. The van der Waals surface area contributed by atoms with Crippen LogP contribution in [0.25, 0.3) is 0 Å². The Kier molecular flexibility index (Phi) is 6.47. The molecule has 26 heavy (non-hydrogen) atoms. The number of aliphatic imine (C=N–C) groups is 1. The average Bonchev–Trinajstić information content (AvgIpc) is 3.19. The van der Waals surface area contributed by atoms with Crippen molar-refractivity contribution in [2.45, 2.75) is 52.7 Å². The third-order valence-electron chi connectivity index (χ3n) is 4.49. The number of furan rings is 1. The number of hydrogen-bond donors (Lipinski definition) is 3. The summed E-state index contributed by atoms with van der Waals surface area (Å²) in [5.41, 5.74) is 2.34. The van der Waals surface area contributed by atoms with Gasteiger partial charge in [-0.1, -0.05) is 0 Å². The number of aryl methyl sites for hydroxylation is 2.